The Balaban J connectivity index is 1.28. The maximum Gasteiger partial charge on any atom is 0.274 e. The van der Waals surface area contributed by atoms with Crippen LogP contribution in [0.5, 0.6) is 5.75 Å². The average Bonchev–Trinajstić information content (AvgIpc) is 3.04. The Kier molecular flexibility index (Phi) is 4.37. The molecule has 4 fully saturated rings. The van der Waals surface area contributed by atoms with Gasteiger partial charge < -0.3 is 14.6 Å². The lowest BCUT2D eigenvalue weighted by atomic mass is 9.54. The minimum Gasteiger partial charge on any atom is -0.489 e. The van der Waals surface area contributed by atoms with Gasteiger partial charge in [0.25, 0.3) is 5.91 Å². The summed E-state index contributed by atoms with van der Waals surface area (Å²) in [7, 11) is 0. The highest BCUT2D eigenvalue weighted by molar-refractivity contribution is 5.94. The second kappa shape index (κ2) is 6.90. The molecule has 1 aromatic carbocycles. The predicted octanol–water partition coefficient (Wildman–Crippen LogP) is 4.26. The molecule has 1 aromatic heterocycles. The first-order valence-electron chi connectivity index (χ1n) is 10.2. The summed E-state index contributed by atoms with van der Waals surface area (Å²) in [6, 6.07) is 6.06. The molecule has 1 N–H and O–H groups in total. The van der Waals surface area contributed by atoms with Crippen molar-refractivity contribution >= 4 is 5.91 Å². The van der Waals surface area contributed by atoms with E-state index in [2.05, 4.69) is 10.5 Å². The molecular weight excluding hydrogens is 359 g/mol. The summed E-state index contributed by atoms with van der Waals surface area (Å²) in [5, 5.41) is 7.27. The molecule has 0 unspecified atom stereocenters. The molecule has 6 heteroatoms. The number of benzene rings is 1. The van der Waals surface area contributed by atoms with Gasteiger partial charge in [-0.1, -0.05) is 5.16 Å². The predicted molar refractivity (Wildman–Crippen MR) is 100 cm³/mol. The van der Waals surface area contributed by atoms with Crippen molar-refractivity contribution in [3.05, 3.63) is 47.1 Å². The molecule has 0 atom stereocenters. The second-order valence-electron chi connectivity index (χ2n) is 8.74. The van der Waals surface area contributed by atoms with Gasteiger partial charge in [-0.05, 0) is 87.0 Å². The molecule has 0 aliphatic heterocycles. The van der Waals surface area contributed by atoms with E-state index in [1.807, 2.05) is 0 Å². The summed E-state index contributed by atoms with van der Waals surface area (Å²) in [5.41, 5.74) is 0.944. The van der Waals surface area contributed by atoms with Crippen molar-refractivity contribution in [1.29, 1.82) is 0 Å². The summed E-state index contributed by atoms with van der Waals surface area (Å²) in [5.74, 6) is 3.55. The van der Waals surface area contributed by atoms with Crippen LogP contribution in [0.25, 0.3) is 0 Å². The Bertz CT molecular complexity index is 848. The van der Waals surface area contributed by atoms with Crippen molar-refractivity contribution in [2.75, 3.05) is 0 Å². The number of amides is 1. The molecule has 6 rings (SSSR count). The lowest BCUT2D eigenvalue weighted by Crippen LogP contribution is -2.55. The summed E-state index contributed by atoms with van der Waals surface area (Å²) < 4.78 is 24.0. The molecule has 4 bridgehead atoms. The van der Waals surface area contributed by atoms with Crippen molar-refractivity contribution in [2.24, 2.45) is 23.7 Å². The van der Waals surface area contributed by atoms with Gasteiger partial charge in [-0.25, -0.2) is 4.39 Å². The third-order valence-electron chi connectivity index (χ3n) is 6.92. The van der Waals surface area contributed by atoms with Gasteiger partial charge in [0.15, 0.2) is 5.69 Å². The van der Waals surface area contributed by atoms with Crippen LogP contribution in [0.1, 0.15) is 53.9 Å². The summed E-state index contributed by atoms with van der Waals surface area (Å²) in [6.45, 7) is 1.93. The van der Waals surface area contributed by atoms with Gasteiger partial charge in [0.05, 0.1) is 5.56 Å². The Morgan fingerprint density at radius 1 is 1.14 bits per heavy atom. The number of aryl methyl sites for hydroxylation is 1. The summed E-state index contributed by atoms with van der Waals surface area (Å²) in [6.07, 6.45) is 6.38. The van der Waals surface area contributed by atoms with Gasteiger partial charge >= 0.3 is 0 Å². The first-order valence-corrected chi connectivity index (χ1v) is 10.2. The standard InChI is InChI=1S/C22H25FN2O3/c1-12-19(11-27-18-4-2-17(23)3-5-18)21(25-28-12)22(26)24-20-15-7-13-6-14(9-15)10-16(20)8-13/h2-5,13-16,20H,6-11H2,1H3,(H,24,26). The van der Waals surface area contributed by atoms with E-state index >= 15 is 0 Å². The van der Waals surface area contributed by atoms with Gasteiger partial charge in [-0.2, -0.15) is 0 Å². The maximum atomic E-state index is 13.0. The molecule has 0 spiro atoms. The SMILES string of the molecule is Cc1onc(C(=O)NC2C3CC4CC(C3)CC2C4)c1COc1ccc(F)cc1. The van der Waals surface area contributed by atoms with Crippen molar-refractivity contribution in [3.8, 4) is 5.75 Å². The number of rotatable bonds is 5. The number of nitrogens with zero attached hydrogens (tertiary/aromatic N) is 1. The van der Waals surface area contributed by atoms with Crippen LogP contribution in [0, 0.1) is 36.4 Å². The highest BCUT2D eigenvalue weighted by atomic mass is 19.1. The maximum absolute atomic E-state index is 13.0. The molecule has 4 saturated carbocycles. The Morgan fingerprint density at radius 3 is 2.43 bits per heavy atom. The number of carbonyl (C=O) groups excluding carboxylic acids is 1. The van der Waals surface area contributed by atoms with E-state index in [0.717, 1.165) is 11.8 Å². The van der Waals surface area contributed by atoms with E-state index < -0.39 is 0 Å². The van der Waals surface area contributed by atoms with Crippen LogP contribution in [0.3, 0.4) is 0 Å². The molecule has 148 valence electrons. The Morgan fingerprint density at radius 2 is 1.79 bits per heavy atom. The Labute approximate surface area is 163 Å². The van der Waals surface area contributed by atoms with Crippen LogP contribution in [0.4, 0.5) is 4.39 Å². The van der Waals surface area contributed by atoms with Crippen LogP contribution in [-0.4, -0.2) is 17.1 Å². The zero-order valence-corrected chi connectivity index (χ0v) is 16.0. The summed E-state index contributed by atoms with van der Waals surface area (Å²) >= 11 is 0. The number of halogens is 1. The van der Waals surface area contributed by atoms with Crippen LogP contribution >= 0.6 is 0 Å². The van der Waals surface area contributed by atoms with Gasteiger partial charge in [-0.3, -0.25) is 4.79 Å². The molecule has 5 nitrogen and oxygen atoms in total. The van der Waals surface area contributed by atoms with E-state index in [1.165, 1.54) is 44.2 Å². The third-order valence-corrected chi connectivity index (χ3v) is 6.92. The number of nitrogens with one attached hydrogen (secondary N) is 1. The van der Waals surface area contributed by atoms with Crippen LogP contribution in [-0.2, 0) is 6.61 Å². The van der Waals surface area contributed by atoms with E-state index in [9.17, 15) is 9.18 Å². The van der Waals surface area contributed by atoms with Crippen LogP contribution in [0.2, 0.25) is 0 Å². The molecule has 1 amide bonds. The zero-order valence-electron chi connectivity index (χ0n) is 16.0. The smallest absolute Gasteiger partial charge is 0.274 e. The van der Waals surface area contributed by atoms with Crippen LogP contribution < -0.4 is 10.1 Å². The van der Waals surface area contributed by atoms with E-state index in [0.29, 0.717) is 34.6 Å². The van der Waals surface area contributed by atoms with E-state index in [1.54, 1.807) is 19.1 Å². The van der Waals surface area contributed by atoms with Crippen LogP contribution in [0.15, 0.2) is 28.8 Å². The van der Waals surface area contributed by atoms with Gasteiger partial charge in [0.2, 0.25) is 0 Å². The quantitative estimate of drug-likeness (QED) is 0.837. The molecule has 28 heavy (non-hydrogen) atoms. The fourth-order valence-corrected chi connectivity index (χ4v) is 5.81. The number of ether oxygens (including phenoxy) is 1. The first kappa shape index (κ1) is 17.7. The third kappa shape index (κ3) is 3.19. The van der Waals surface area contributed by atoms with E-state index in [4.69, 9.17) is 9.26 Å². The molecule has 1 heterocycles. The zero-order chi connectivity index (χ0) is 19.3. The van der Waals surface area contributed by atoms with E-state index in [-0.39, 0.29) is 24.4 Å². The van der Waals surface area contributed by atoms with Crippen molar-refractivity contribution in [1.82, 2.24) is 10.5 Å². The topological polar surface area (TPSA) is 64.4 Å². The normalized spacial score (nSPS) is 30.4. The molecule has 0 saturated heterocycles. The highest BCUT2D eigenvalue weighted by Gasteiger charge is 2.48. The fourth-order valence-electron chi connectivity index (χ4n) is 5.81. The Hall–Kier alpha value is -2.37. The highest BCUT2D eigenvalue weighted by Crippen LogP contribution is 2.53. The fraction of sp³-hybridized carbons (Fsp3) is 0.545. The largest absolute Gasteiger partial charge is 0.489 e. The number of hydrogen-bond donors (Lipinski definition) is 1. The van der Waals surface area contributed by atoms with Gasteiger partial charge in [-0.15, -0.1) is 0 Å². The van der Waals surface area contributed by atoms with Gasteiger partial charge in [0, 0.05) is 6.04 Å². The molecular formula is C22H25FN2O3. The van der Waals surface area contributed by atoms with Gasteiger partial charge in [0.1, 0.15) is 23.9 Å². The van der Waals surface area contributed by atoms with Crippen molar-refractivity contribution < 1.29 is 18.4 Å². The molecule has 4 aliphatic rings. The number of carbonyl (C=O) groups is 1. The second-order valence-corrected chi connectivity index (χ2v) is 8.74. The van der Waals surface area contributed by atoms with Crippen molar-refractivity contribution in [2.45, 2.75) is 51.7 Å². The molecule has 4 aliphatic carbocycles. The molecule has 2 aromatic rings. The average molecular weight is 384 g/mol. The van der Waals surface area contributed by atoms with Crippen molar-refractivity contribution in [3.63, 3.8) is 0 Å². The number of hydrogen-bond acceptors (Lipinski definition) is 4. The first-order chi connectivity index (χ1) is 13.6. The molecule has 0 radical (unpaired) electrons. The lowest BCUT2D eigenvalue weighted by molar-refractivity contribution is -0.0120. The monoisotopic (exact) mass is 384 g/mol. The lowest BCUT2D eigenvalue weighted by Gasteiger charge is -2.54. The summed E-state index contributed by atoms with van der Waals surface area (Å²) in [4.78, 5) is 13.0. The minimum absolute atomic E-state index is 0.158. The number of aromatic nitrogens is 1. The minimum atomic E-state index is -0.316.